The van der Waals surface area contributed by atoms with Crippen LogP contribution in [0.4, 0.5) is 0 Å². The van der Waals surface area contributed by atoms with E-state index in [4.69, 9.17) is 5.84 Å². The maximum absolute atomic E-state index is 5.80. The van der Waals surface area contributed by atoms with E-state index in [-0.39, 0.29) is 11.6 Å². The third kappa shape index (κ3) is 3.16. The molecule has 5 heteroatoms. The molecule has 0 radical (unpaired) electrons. The van der Waals surface area contributed by atoms with Crippen molar-refractivity contribution in [3.63, 3.8) is 0 Å². The minimum atomic E-state index is 0.0937. The van der Waals surface area contributed by atoms with Crippen molar-refractivity contribution < 1.29 is 0 Å². The predicted octanol–water partition coefficient (Wildman–Crippen LogP) is 1.06. The van der Waals surface area contributed by atoms with Gasteiger partial charge in [-0.15, -0.1) is 0 Å². The second-order valence-electron chi connectivity index (χ2n) is 6.06. The topological polar surface area (TPSA) is 59.1 Å². The van der Waals surface area contributed by atoms with Gasteiger partial charge in [-0.05, 0) is 46.2 Å². The average Bonchev–Trinajstić information content (AvgIpc) is 3.01. The van der Waals surface area contributed by atoms with E-state index < -0.39 is 0 Å². The number of nitrogens with one attached hydrogen (secondary N) is 1. The van der Waals surface area contributed by atoms with Gasteiger partial charge in [0.2, 0.25) is 0 Å². The number of aromatic nitrogens is 2. The average molecular weight is 265 g/mol. The monoisotopic (exact) mass is 265 g/mol. The molecule has 108 valence electrons. The number of rotatable bonds is 6. The summed E-state index contributed by atoms with van der Waals surface area (Å²) in [4.78, 5) is 6.93. The summed E-state index contributed by atoms with van der Waals surface area (Å²) in [6.07, 6.45) is 8.41. The van der Waals surface area contributed by atoms with Crippen LogP contribution in [0.5, 0.6) is 0 Å². The summed E-state index contributed by atoms with van der Waals surface area (Å²) in [7, 11) is 2.04. The molecule has 1 atom stereocenters. The first-order valence-electron chi connectivity index (χ1n) is 7.23. The molecule has 1 aromatic rings. The van der Waals surface area contributed by atoms with Crippen molar-refractivity contribution in [1.29, 1.82) is 0 Å². The van der Waals surface area contributed by atoms with Crippen LogP contribution in [-0.4, -0.2) is 39.1 Å². The van der Waals surface area contributed by atoms with Crippen molar-refractivity contribution in [2.75, 3.05) is 13.1 Å². The third-order valence-electron chi connectivity index (χ3n) is 4.55. The Hall–Kier alpha value is -0.910. The van der Waals surface area contributed by atoms with E-state index in [1.54, 1.807) is 0 Å². The number of aryl methyl sites for hydroxylation is 2. The van der Waals surface area contributed by atoms with Crippen LogP contribution >= 0.6 is 0 Å². The second kappa shape index (κ2) is 6.03. The number of hydrazine groups is 1. The van der Waals surface area contributed by atoms with Crippen LogP contribution in [0.1, 0.15) is 38.9 Å². The molecule has 0 bridgehead atoms. The first-order chi connectivity index (χ1) is 9.05. The van der Waals surface area contributed by atoms with Gasteiger partial charge in [0.25, 0.3) is 0 Å². The van der Waals surface area contributed by atoms with E-state index in [9.17, 15) is 0 Å². The molecule has 1 aromatic heterocycles. The molecule has 1 saturated heterocycles. The van der Waals surface area contributed by atoms with Crippen molar-refractivity contribution >= 4 is 0 Å². The molecule has 0 amide bonds. The number of likely N-dealkylation sites (tertiary alicyclic amines) is 1. The quantitative estimate of drug-likeness (QED) is 0.596. The first-order valence-corrected chi connectivity index (χ1v) is 7.23. The summed E-state index contributed by atoms with van der Waals surface area (Å²) >= 11 is 0. The highest BCUT2D eigenvalue weighted by atomic mass is 15.3. The minimum absolute atomic E-state index is 0.0937. The molecule has 19 heavy (non-hydrogen) atoms. The third-order valence-corrected chi connectivity index (χ3v) is 4.55. The van der Waals surface area contributed by atoms with E-state index in [2.05, 4.69) is 33.7 Å². The summed E-state index contributed by atoms with van der Waals surface area (Å²) in [6, 6.07) is 0.280. The van der Waals surface area contributed by atoms with E-state index in [1.165, 1.54) is 25.9 Å². The summed E-state index contributed by atoms with van der Waals surface area (Å²) in [6.45, 7) is 6.96. The molecule has 1 unspecified atom stereocenters. The fourth-order valence-electron chi connectivity index (χ4n) is 3.07. The second-order valence-corrected chi connectivity index (χ2v) is 6.06. The number of hydrogen-bond donors (Lipinski definition) is 2. The zero-order valence-corrected chi connectivity index (χ0v) is 12.4. The van der Waals surface area contributed by atoms with Crippen LogP contribution in [0.2, 0.25) is 0 Å². The molecular formula is C14H27N5. The Morgan fingerprint density at radius 2 is 2.11 bits per heavy atom. The SMILES string of the molecule is Cn1ccnc1CCC(NN)C(C)(C)N1CCCC1. The molecule has 3 N–H and O–H groups in total. The normalized spacial score (nSPS) is 18.9. The highest BCUT2D eigenvalue weighted by Crippen LogP contribution is 2.26. The van der Waals surface area contributed by atoms with Gasteiger partial charge in [0.1, 0.15) is 5.82 Å². The molecule has 0 aromatic carbocycles. The highest BCUT2D eigenvalue weighted by Gasteiger charge is 2.36. The van der Waals surface area contributed by atoms with Crippen molar-refractivity contribution in [2.24, 2.45) is 12.9 Å². The van der Waals surface area contributed by atoms with Crippen LogP contribution in [0, 0.1) is 0 Å². The summed E-state index contributed by atoms with van der Waals surface area (Å²) < 4.78 is 2.08. The fourth-order valence-corrected chi connectivity index (χ4v) is 3.07. The molecule has 1 fully saturated rings. The van der Waals surface area contributed by atoms with Crippen LogP contribution in [0.25, 0.3) is 0 Å². The molecular weight excluding hydrogens is 238 g/mol. The zero-order valence-electron chi connectivity index (χ0n) is 12.4. The molecule has 5 nitrogen and oxygen atoms in total. The number of nitrogens with two attached hydrogens (primary N) is 1. The van der Waals surface area contributed by atoms with Gasteiger partial charge in [-0.1, -0.05) is 0 Å². The molecule has 0 saturated carbocycles. The van der Waals surface area contributed by atoms with E-state index in [0.717, 1.165) is 18.7 Å². The molecule has 0 aliphatic carbocycles. The van der Waals surface area contributed by atoms with Gasteiger partial charge in [0.05, 0.1) is 0 Å². The smallest absolute Gasteiger partial charge is 0.108 e. The summed E-state index contributed by atoms with van der Waals surface area (Å²) in [5.41, 5.74) is 3.12. The van der Waals surface area contributed by atoms with Crippen molar-refractivity contribution in [3.05, 3.63) is 18.2 Å². The summed E-state index contributed by atoms with van der Waals surface area (Å²) in [5, 5.41) is 0. The van der Waals surface area contributed by atoms with Crippen LogP contribution < -0.4 is 11.3 Å². The largest absolute Gasteiger partial charge is 0.338 e. The fraction of sp³-hybridized carbons (Fsp3) is 0.786. The van der Waals surface area contributed by atoms with Gasteiger partial charge in [-0.3, -0.25) is 16.2 Å². The Labute approximate surface area is 116 Å². The lowest BCUT2D eigenvalue weighted by molar-refractivity contribution is 0.102. The maximum atomic E-state index is 5.80. The van der Waals surface area contributed by atoms with Crippen LogP contribution in [0.15, 0.2) is 12.4 Å². The van der Waals surface area contributed by atoms with Gasteiger partial charge in [0.15, 0.2) is 0 Å². The van der Waals surface area contributed by atoms with Crippen molar-refractivity contribution in [2.45, 2.75) is 51.1 Å². The predicted molar refractivity (Wildman–Crippen MR) is 77.5 cm³/mol. The first kappa shape index (κ1) is 14.5. The highest BCUT2D eigenvalue weighted by molar-refractivity contribution is 4.98. The van der Waals surface area contributed by atoms with Gasteiger partial charge in [0, 0.05) is 37.4 Å². The number of hydrogen-bond acceptors (Lipinski definition) is 4. The lowest BCUT2D eigenvalue weighted by atomic mass is 9.89. The van der Waals surface area contributed by atoms with Gasteiger partial charge >= 0.3 is 0 Å². The van der Waals surface area contributed by atoms with E-state index in [0.29, 0.717) is 0 Å². The zero-order chi connectivity index (χ0) is 13.9. The Morgan fingerprint density at radius 3 is 2.63 bits per heavy atom. The molecule has 2 rings (SSSR count). The lowest BCUT2D eigenvalue weighted by Crippen LogP contribution is -2.58. The molecule has 0 spiro atoms. The minimum Gasteiger partial charge on any atom is -0.338 e. The lowest BCUT2D eigenvalue weighted by Gasteiger charge is -2.42. The number of imidazole rings is 1. The van der Waals surface area contributed by atoms with Crippen LogP contribution in [0.3, 0.4) is 0 Å². The van der Waals surface area contributed by atoms with Crippen LogP contribution in [-0.2, 0) is 13.5 Å². The molecule has 2 heterocycles. The van der Waals surface area contributed by atoms with E-state index >= 15 is 0 Å². The standard InChI is InChI=1S/C14H27N5/c1-14(2,19-9-4-5-10-19)12(17-15)6-7-13-16-8-11-18(13)3/h8,11-12,17H,4-7,9-10,15H2,1-3H3. The Bertz CT molecular complexity index is 392. The molecule has 1 aliphatic rings. The maximum Gasteiger partial charge on any atom is 0.108 e. The van der Waals surface area contributed by atoms with Crippen molar-refractivity contribution in [3.8, 4) is 0 Å². The molecule has 1 aliphatic heterocycles. The Morgan fingerprint density at radius 1 is 1.42 bits per heavy atom. The van der Waals surface area contributed by atoms with Crippen molar-refractivity contribution in [1.82, 2.24) is 19.9 Å². The van der Waals surface area contributed by atoms with Gasteiger partial charge in [-0.2, -0.15) is 0 Å². The Kier molecular flexibility index (Phi) is 4.60. The van der Waals surface area contributed by atoms with Gasteiger partial charge in [-0.25, -0.2) is 4.98 Å². The number of nitrogens with zero attached hydrogens (tertiary/aromatic N) is 3. The summed E-state index contributed by atoms with van der Waals surface area (Å²) in [5.74, 6) is 6.92. The van der Waals surface area contributed by atoms with Gasteiger partial charge < -0.3 is 4.57 Å². The Balaban J connectivity index is 1.97. The van der Waals surface area contributed by atoms with E-state index in [1.807, 2.05) is 19.4 Å².